The molecule has 1 aromatic rings. The van der Waals surface area contributed by atoms with Gasteiger partial charge in [0, 0.05) is 25.5 Å². The molecule has 0 unspecified atom stereocenters. The first-order chi connectivity index (χ1) is 6.75. The van der Waals surface area contributed by atoms with Crippen LogP contribution in [0.25, 0.3) is 0 Å². The molecular formula is C11H20N2O. The third kappa shape index (κ3) is 3.14. The van der Waals surface area contributed by atoms with Crippen LogP contribution in [0.3, 0.4) is 0 Å². The van der Waals surface area contributed by atoms with Crippen molar-refractivity contribution < 1.29 is 4.74 Å². The van der Waals surface area contributed by atoms with Crippen molar-refractivity contribution in [1.82, 2.24) is 9.55 Å². The zero-order valence-corrected chi connectivity index (χ0v) is 9.42. The summed E-state index contributed by atoms with van der Waals surface area (Å²) in [6, 6.07) is 0. The van der Waals surface area contributed by atoms with Gasteiger partial charge in [-0.15, -0.1) is 0 Å². The van der Waals surface area contributed by atoms with E-state index in [1.807, 2.05) is 20.2 Å². The Balaban J connectivity index is 2.21. The number of aromatic nitrogens is 2. The van der Waals surface area contributed by atoms with Crippen molar-refractivity contribution >= 4 is 0 Å². The second-order valence-electron chi connectivity index (χ2n) is 3.51. The van der Waals surface area contributed by atoms with Gasteiger partial charge < -0.3 is 9.30 Å². The molecule has 0 aliphatic carbocycles. The fourth-order valence-corrected chi connectivity index (χ4v) is 1.40. The Bertz CT molecular complexity index is 268. The van der Waals surface area contributed by atoms with E-state index in [2.05, 4.69) is 16.5 Å². The lowest BCUT2D eigenvalue weighted by atomic mass is 10.3. The number of aryl methyl sites for hydroxylation is 2. The molecule has 0 atom stereocenters. The average Bonchev–Trinajstić information content (AvgIpc) is 2.49. The average molecular weight is 196 g/mol. The Morgan fingerprint density at radius 2 is 2.14 bits per heavy atom. The van der Waals surface area contributed by atoms with Crippen LogP contribution in [0.1, 0.15) is 31.2 Å². The van der Waals surface area contributed by atoms with Crippen molar-refractivity contribution in [2.24, 2.45) is 0 Å². The van der Waals surface area contributed by atoms with E-state index < -0.39 is 0 Å². The van der Waals surface area contributed by atoms with E-state index in [-0.39, 0.29) is 0 Å². The summed E-state index contributed by atoms with van der Waals surface area (Å²) in [6.07, 6.45) is 4.21. The van der Waals surface area contributed by atoms with E-state index >= 15 is 0 Å². The van der Waals surface area contributed by atoms with Gasteiger partial charge in [0.1, 0.15) is 0 Å². The van der Waals surface area contributed by atoms with Crippen LogP contribution in [0, 0.1) is 13.8 Å². The molecule has 0 aromatic carbocycles. The zero-order valence-electron chi connectivity index (χ0n) is 9.42. The molecule has 3 heteroatoms. The molecule has 1 aromatic heterocycles. The van der Waals surface area contributed by atoms with Gasteiger partial charge in [0.25, 0.3) is 0 Å². The zero-order chi connectivity index (χ0) is 10.4. The molecule has 0 radical (unpaired) electrons. The number of ether oxygens (including phenoxy) is 1. The SMILES string of the molecule is CCOCCCCn1cnc(C)c1C. The maximum absolute atomic E-state index is 5.28. The van der Waals surface area contributed by atoms with Crippen LogP contribution in [-0.2, 0) is 11.3 Å². The van der Waals surface area contributed by atoms with Crippen molar-refractivity contribution in [2.75, 3.05) is 13.2 Å². The highest BCUT2D eigenvalue weighted by Crippen LogP contribution is 2.05. The molecule has 1 heterocycles. The minimum Gasteiger partial charge on any atom is -0.382 e. The summed E-state index contributed by atoms with van der Waals surface area (Å²) in [4.78, 5) is 4.26. The molecule has 0 aliphatic rings. The fourth-order valence-electron chi connectivity index (χ4n) is 1.40. The lowest BCUT2D eigenvalue weighted by molar-refractivity contribution is 0.142. The van der Waals surface area contributed by atoms with Gasteiger partial charge in [0.2, 0.25) is 0 Å². The molecule has 80 valence electrons. The highest BCUT2D eigenvalue weighted by atomic mass is 16.5. The molecule has 14 heavy (non-hydrogen) atoms. The quantitative estimate of drug-likeness (QED) is 0.653. The van der Waals surface area contributed by atoms with E-state index in [0.717, 1.165) is 38.3 Å². The first-order valence-corrected chi connectivity index (χ1v) is 5.31. The molecule has 3 nitrogen and oxygen atoms in total. The van der Waals surface area contributed by atoms with Crippen molar-refractivity contribution in [3.63, 3.8) is 0 Å². The first-order valence-electron chi connectivity index (χ1n) is 5.31. The number of imidazole rings is 1. The summed E-state index contributed by atoms with van der Waals surface area (Å²) in [7, 11) is 0. The highest BCUT2D eigenvalue weighted by Gasteiger charge is 2.00. The summed E-state index contributed by atoms with van der Waals surface area (Å²) >= 11 is 0. The standard InChI is InChI=1S/C11H20N2O/c1-4-14-8-6-5-7-13-9-12-10(2)11(13)3/h9H,4-8H2,1-3H3. The molecular weight excluding hydrogens is 176 g/mol. The van der Waals surface area contributed by atoms with Gasteiger partial charge in [-0.25, -0.2) is 4.98 Å². The topological polar surface area (TPSA) is 27.1 Å². The third-order valence-corrected chi connectivity index (χ3v) is 2.49. The molecule has 1 rings (SSSR count). The minimum absolute atomic E-state index is 0.823. The van der Waals surface area contributed by atoms with E-state index in [9.17, 15) is 0 Å². The van der Waals surface area contributed by atoms with Crippen LogP contribution in [0.15, 0.2) is 6.33 Å². The summed E-state index contributed by atoms with van der Waals surface area (Å²) in [5, 5.41) is 0. The molecule has 0 amide bonds. The molecule has 0 bridgehead atoms. The molecule has 0 N–H and O–H groups in total. The van der Waals surface area contributed by atoms with E-state index in [1.54, 1.807) is 0 Å². The first kappa shape index (κ1) is 11.2. The molecule has 0 fully saturated rings. The second-order valence-corrected chi connectivity index (χ2v) is 3.51. The predicted octanol–water partition coefficient (Wildman–Crippen LogP) is 2.32. The summed E-state index contributed by atoms with van der Waals surface area (Å²) in [5.74, 6) is 0. The molecule has 0 saturated carbocycles. The van der Waals surface area contributed by atoms with Gasteiger partial charge in [0.15, 0.2) is 0 Å². The Hall–Kier alpha value is -0.830. The Morgan fingerprint density at radius 1 is 1.36 bits per heavy atom. The Kier molecular flexibility index (Phi) is 4.66. The Labute approximate surface area is 86.1 Å². The minimum atomic E-state index is 0.823. The van der Waals surface area contributed by atoms with Gasteiger partial charge in [-0.05, 0) is 33.6 Å². The largest absolute Gasteiger partial charge is 0.382 e. The van der Waals surface area contributed by atoms with Crippen molar-refractivity contribution in [3.8, 4) is 0 Å². The van der Waals surface area contributed by atoms with Crippen LogP contribution < -0.4 is 0 Å². The lowest BCUT2D eigenvalue weighted by Crippen LogP contribution is -2.01. The van der Waals surface area contributed by atoms with Gasteiger partial charge in [-0.2, -0.15) is 0 Å². The van der Waals surface area contributed by atoms with E-state index in [1.165, 1.54) is 5.69 Å². The van der Waals surface area contributed by atoms with Crippen molar-refractivity contribution in [3.05, 3.63) is 17.7 Å². The van der Waals surface area contributed by atoms with Crippen LogP contribution in [-0.4, -0.2) is 22.8 Å². The Morgan fingerprint density at radius 3 is 2.71 bits per heavy atom. The van der Waals surface area contributed by atoms with E-state index in [4.69, 9.17) is 4.74 Å². The number of rotatable bonds is 6. The van der Waals surface area contributed by atoms with Gasteiger partial charge in [0.05, 0.1) is 12.0 Å². The summed E-state index contributed by atoms with van der Waals surface area (Å²) in [6.45, 7) is 8.95. The number of nitrogens with zero attached hydrogens (tertiary/aromatic N) is 2. The third-order valence-electron chi connectivity index (χ3n) is 2.49. The van der Waals surface area contributed by atoms with Crippen molar-refractivity contribution in [1.29, 1.82) is 0 Å². The summed E-state index contributed by atoms with van der Waals surface area (Å²) < 4.78 is 7.49. The number of unbranched alkanes of at least 4 members (excludes halogenated alkanes) is 1. The second kappa shape index (κ2) is 5.81. The van der Waals surface area contributed by atoms with Crippen LogP contribution in [0.2, 0.25) is 0 Å². The van der Waals surface area contributed by atoms with Gasteiger partial charge in [-0.3, -0.25) is 0 Å². The van der Waals surface area contributed by atoms with Crippen molar-refractivity contribution in [2.45, 2.75) is 40.2 Å². The van der Waals surface area contributed by atoms with Crippen LogP contribution >= 0.6 is 0 Å². The molecule has 0 saturated heterocycles. The molecule has 0 spiro atoms. The number of hydrogen-bond acceptors (Lipinski definition) is 2. The summed E-state index contributed by atoms with van der Waals surface area (Å²) in [5.41, 5.74) is 2.41. The highest BCUT2D eigenvalue weighted by molar-refractivity contribution is 5.08. The smallest absolute Gasteiger partial charge is 0.0951 e. The monoisotopic (exact) mass is 196 g/mol. The van der Waals surface area contributed by atoms with Gasteiger partial charge >= 0.3 is 0 Å². The van der Waals surface area contributed by atoms with E-state index in [0.29, 0.717) is 0 Å². The fraction of sp³-hybridized carbons (Fsp3) is 0.727. The van der Waals surface area contributed by atoms with Gasteiger partial charge in [-0.1, -0.05) is 0 Å². The normalized spacial score (nSPS) is 10.8. The molecule has 0 aliphatic heterocycles. The predicted molar refractivity (Wildman–Crippen MR) is 57.4 cm³/mol. The maximum Gasteiger partial charge on any atom is 0.0951 e. The lowest BCUT2D eigenvalue weighted by Gasteiger charge is -2.05. The number of hydrogen-bond donors (Lipinski definition) is 0. The maximum atomic E-state index is 5.28. The van der Waals surface area contributed by atoms with Crippen LogP contribution in [0.5, 0.6) is 0 Å². The van der Waals surface area contributed by atoms with Crippen LogP contribution in [0.4, 0.5) is 0 Å².